The Morgan fingerprint density at radius 2 is 1.89 bits per heavy atom. The second kappa shape index (κ2) is 9.65. The zero-order valence-electron chi connectivity index (χ0n) is 20.0. The Kier molecular flexibility index (Phi) is 6.42. The van der Waals surface area contributed by atoms with Gasteiger partial charge in [-0.3, -0.25) is 15.0 Å². The molecule has 1 aromatic heterocycles. The van der Waals surface area contributed by atoms with Gasteiger partial charge in [-0.25, -0.2) is 0 Å². The van der Waals surface area contributed by atoms with Crippen LogP contribution in [0, 0.1) is 19.3 Å². The molecule has 4 heterocycles. The molecule has 1 aromatic carbocycles. The first kappa shape index (κ1) is 23.3. The maximum Gasteiger partial charge on any atom is 0.283 e. The van der Waals surface area contributed by atoms with E-state index in [0.717, 1.165) is 55.8 Å². The highest BCUT2D eigenvalue weighted by Gasteiger charge is 2.36. The second-order valence-corrected chi connectivity index (χ2v) is 10.1. The summed E-state index contributed by atoms with van der Waals surface area (Å²) in [4.78, 5) is 31.6. The number of piperidine rings is 1. The molecule has 0 bridgehead atoms. The first-order chi connectivity index (χ1) is 16.9. The molecule has 9 heteroatoms. The molecule has 0 unspecified atom stereocenters. The molecule has 3 aliphatic heterocycles. The maximum atomic E-state index is 12.9. The fourth-order valence-corrected chi connectivity index (χ4v) is 5.50. The van der Waals surface area contributed by atoms with E-state index in [0.29, 0.717) is 10.2 Å². The number of aromatic nitrogens is 1. The smallest absolute Gasteiger partial charge is 0.283 e. The van der Waals surface area contributed by atoms with Gasteiger partial charge in [-0.2, -0.15) is 15.1 Å². The van der Waals surface area contributed by atoms with Crippen molar-refractivity contribution in [3.8, 4) is 0 Å². The number of hydrazone groups is 1. The van der Waals surface area contributed by atoms with Gasteiger partial charge in [0.25, 0.3) is 5.91 Å². The van der Waals surface area contributed by atoms with Crippen molar-refractivity contribution in [2.45, 2.75) is 46.1 Å². The minimum Gasteiger partial charge on any atom is -0.344 e. The van der Waals surface area contributed by atoms with Gasteiger partial charge in [0.2, 0.25) is 11.1 Å². The summed E-state index contributed by atoms with van der Waals surface area (Å²) in [5.74, 6) is -0.433. The van der Waals surface area contributed by atoms with Crippen LogP contribution in [0.2, 0.25) is 0 Å². The lowest BCUT2D eigenvalue weighted by Gasteiger charge is -2.26. The number of likely N-dealkylation sites (tertiary alicyclic amines) is 1. The lowest BCUT2D eigenvalue weighted by molar-refractivity contribution is -0.130. The number of aliphatic imine (C=N–C) groups is 1. The van der Waals surface area contributed by atoms with Crippen LogP contribution < -0.4 is 0 Å². The van der Waals surface area contributed by atoms with Crippen LogP contribution in [-0.2, 0) is 16.1 Å². The number of hydrogen-bond donors (Lipinski definition) is 1. The standard InChI is InChI=1S/C26H28N6O2S/c1-17-13-20(18(2)31(17)16-19-9-5-3-6-10-19)14-21-24(27)32-26(28-25(21)34)35-22(29-32)15-23(33)30-11-7-4-8-12-30/h3,5-6,9-10,13-14,27H,4,7-8,11-12,15-16H2,1-2H3. The highest BCUT2D eigenvalue weighted by Crippen LogP contribution is 2.30. The SMILES string of the molecule is Cc1cc(C=C2C(=N)N3N=C(CC(=O)N4CCCCC4)SC3=NC2=O)c(C)n1Cc1ccccc1. The number of thioether (sulfide) groups is 1. The number of amides is 2. The van der Waals surface area contributed by atoms with E-state index in [1.807, 2.05) is 43.0 Å². The van der Waals surface area contributed by atoms with E-state index in [9.17, 15) is 9.59 Å². The molecule has 2 aromatic rings. The van der Waals surface area contributed by atoms with Gasteiger partial charge in [0, 0.05) is 31.0 Å². The number of hydrogen-bond acceptors (Lipinski definition) is 5. The van der Waals surface area contributed by atoms with Crippen LogP contribution in [0.25, 0.3) is 6.08 Å². The zero-order valence-corrected chi connectivity index (χ0v) is 20.8. The first-order valence-electron chi connectivity index (χ1n) is 11.9. The lowest BCUT2D eigenvalue weighted by atomic mass is 10.1. The van der Waals surface area contributed by atoms with Crippen molar-refractivity contribution in [1.82, 2.24) is 14.5 Å². The Balaban J connectivity index is 1.36. The molecule has 0 radical (unpaired) electrons. The first-order valence-corrected chi connectivity index (χ1v) is 12.7. The van der Waals surface area contributed by atoms with Crippen LogP contribution in [0.5, 0.6) is 0 Å². The molecule has 1 fully saturated rings. The fraction of sp³-hybridized carbons (Fsp3) is 0.346. The monoisotopic (exact) mass is 488 g/mol. The Morgan fingerprint density at radius 1 is 1.14 bits per heavy atom. The van der Waals surface area contributed by atoms with Crippen molar-refractivity contribution in [2.24, 2.45) is 10.1 Å². The summed E-state index contributed by atoms with van der Waals surface area (Å²) in [6.45, 7) is 6.35. The summed E-state index contributed by atoms with van der Waals surface area (Å²) in [6.07, 6.45) is 5.12. The van der Waals surface area contributed by atoms with Crippen molar-refractivity contribution < 1.29 is 9.59 Å². The Bertz CT molecular complexity index is 1280. The average Bonchev–Trinajstić information content (AvgIpc) is 3.38. The molecule has 1 saturated heterocycles. The number of fused-ring (bicyclic) bond motifs is 1. The van der Waals surface area contributed by atoms with Crippen molar-refractivity contribution in [3.63, 3.8) is 0 Å². The van der Waals surface area contributed by atoms with Crippen molar-refractivity contribution in [1.29, 1.82) is 5.41 Å². The molecule has 0 aliphatic carbocycles. The Hall–Kier alpha value is -3.46. The second-order valence-electron chi connectivity index (χ2n) is 9.03. The molecule has 2 amide bonds. The van der Waals surface area contributed by atoms with Crippen molar-refractivity contribution in [2.75, 3.05) is 13.1 Å². The number of carbonyl (C=O) groups is 2. The van der Waals surface area contributed by atoms with Crippen LogP contribution in [0.3, 0.4) is 0 Å². The highest BCUT2D eigenvalue weighted by atomic mass is 32.2. The number of nitrogens with one attached hydrogen (secondary N) is 1. The van der Waals surface area contributed by atoms with Crippen LogP contribution in [0.1, 0.15) is 48.2 Å². The molecule has 0 atom stereocenters. The molecule has 5 rings (SSSR count). The predicted octanol–water partition coefficient (Wildman–Crippen LogP) is 4.18. The third-order valence-electron chi connectivity index (χ3n) is 6.60. The summed E-state index contributed by atoms with van der Waals surface area (Å²) in [5, 5.41) is 15.4. The van der Waals surface area contributed by atoms with Gasteiger partial charge in [-0.15, -0.1) is 0 Å². The lowest BCUT2D eigenvalue weighted by Crippen LogP contribution is -2.36. The molecule has 1 N–H and O–H groups in total. The van der Waals surface area contributed by atoms with Crippen molar-refractivity contribution >= 4 is 45.7 Å². The third kappa shape index (κ3) is 4.73. The summed E-state index contributed by atoms with van der Waals surface area (Å²) < 4.78 is 2.20. The van der Waals surface area contributed by atoms with E-state index in [4.69, 9.17) is 5.41 Å². The molecular formula is C26H28N6O2S. The van der Waals surface area contributed by atoms with E-state index in [-0.39, 0.29) is 23.7 Å². The van der Waals surface area contributed by atoms with Crippen LogP contribution in [-0.4, -0.2) is 55.4 Å². The van der Waals surface area contributed by atoms with E-state index in [2.05, 4.69) is 26.8 Å². The minimum absolute atomic E-state index is 0.0132. The van der Waals surface area contributed by atoms with Gasteiger partial charge < -0.3 is 9.47 Å². The summed E-state index contributed by atoms with van der Waals surface area (Å²) in [5.41, 5.74) is 4.36. The Labute approximate surface area is 208 Å². The van der Waals surface area contributed by atoms with E-state index < -0.39 is 5.91 Å². The van der Waals surface area contributed by atoms with E-state index in [1.54, 1.807) is 6.08 Å². The number of benzene rings is 1. The summed E-state index contributed by atoms with van der Waals surface area (Å²) >= 11 is 1.20. The number of aryl methyl sites for hydroxylation is 1. The number of amidine groups is 2. The molecule has 8 nitrogen and oxygen atoms in total. The van der Waals surface area contributed by atoms with Crippen molar-refractivity contribution in [3.05, 3.63) is 64.5 Å². The summed E-state index contributed by atoms with van der Waals surface area (Å²) in [6, 6.07) is 12.2. The highest BCUT2D eigenvalue weighted by molar-refractivity contribution is 8.27. The van der Waals surface area contributed by atoms with Crippen LogP contribution in [0.15, 0.2) is 52.1 Å². The molecule has 35 heavy (non-hydrogen) atoms. The number of rotatable bonds is 5. The van der Waals surface area contributed by atoms with Gasteiger partial charge in [-0.1, -0.05) is 30.3 Å². The quantitative estimate of drug-likeness (QED) is 0.639. The van der Waals surface area contributed by atoms with Gasteiger partial charge in [0.1, 0.15) is 5.04 Å². The zero-order chi connectivity index (χ0) is 24.5. The average molecular weight is 489 g/mol. The predicted molar refractivity (Wildman–Crippen MR) is 140 cm³/mol. The topological polar surface area (TPSA) is 94.1 Å². The van der Waals surface area contributed by atoms with Gasteiger partial charge >= 0.3 is 0 Å². The molecule has 180 valence electrons. The third-order valence-corrected chi connectivity index (χ3v) is 7.51. The van der Waals surface area contributed by atoms with E-state index in [1.165, 1.54) is 22.3 Å². The Morgan fingerprint density at radius 3 is 2.63 bits per heavy atom. The van der Waals surface area contributed by atoms with Crippen LogP contribution >= 0.6 is 11.8 Å². The normalized spacial score (nSPS) is 19.2. The number of nitrogens with zero attached hydrogens (tertiary/aromatic N) is 5. The molecule has 3 aliphatic rings. The fourth-order valence-electron chi connectivity index (χ4n) is 4.63. The van der Waals surface area contributed by atoms with Gasteiger partial charge in [0.05, 0.1) is 12.0 Å². The van der Waals surface area contributed by atoms with Gasteiger partial charge in [0.15, 0.2) is 5.84 Å². The summed E-state index contributed by atoms with van der Waals surface area (Å²) in [7, 11) is 0. The van der Waals surface area contributed by atoms with Gasteiger partial charge in [-0.05, 0) is 68.1 Å². The largest absolute Gasteiger partial charge is 0.344 e. The van der Waals surface area contributed by atoms with Crippen LogP contribution in [0.4, 0.5) is 0 Å². The molecular weight excluding hydrogens is 460 g/mol. The molecule has 0 spiro atoms. The maximum absolute atomic E-state index is 12.9. The number of carbonyl (C=O) groups excluding carboxylic acids is 2. The molecule has 0 saturated carbocycles. The van der Waals surface area contributed by atoms with E-state index >= 15 is 0 Å². The minimum atomic E-state index is -0.458.